The summed E-state index contributed by atoms with van der Waals surface area (Å²) < 4.78 is 0. The first-order chi connectivity index (χ1) is 9.06. The predicted octanol–water partition coefficient (Wildman–Crippen LogP) is 3.48. The molecule has 0 aromatic heterocycles. The van der Waals surface area contributed by atoms with Crippen molar-refractivity contribution in [1.82, 2.24) is 5.32 Å². The van der Waals surface area contributed by atoms with Crippen LogP contribution in [0.15, 0.2) is 18.2 Å². The Labute approximate surface area is 119 Å². The van der Waals surface area contributed by atoms with Gasteiger partial charge in [-0.15, -0.1) is 0 Å². The number of carbonyl (C=O) groups excluding carboxylic acids is 1. The molecule has 1 aromatic rings. The van der Waals surface area contributed by atoms with Crippen molar-refractivity contribution in [3.63, 3.8) is 0 Å². The van der Waals surface area contributed by atoms with Gasteiger partial charge in [-0.05, 0) is 42.9 Å². The molecule has 0 atom stereocenters. The summed E-state index contributed by atoms with van der Waals surface area (Å²) in [5.41, 5.74) is 6.74. The Morgan fingerprint density at radius 1 is 1.37 bits per heavy atom. The van der Waals surface area contributed by atoms with Crippen molar-refractivity contribution >= 4 is 23.2 Å². The monoisotopic (exact) mass is 280 g/mol. The Morgan fingerprint density at radius 2 is 2.05 bits per heavy atom. The van der Waals surface area contributed by atoms with E-state index in [1.165, 1.54) is 25.7 Å². The number of nitrogens with two attached hydrogens (primary N) is 1. The van der Waals surface area contributed by atoms with E-state index in [0.29, 0.717) is 22.2 Å². The van der Waals surface area contributed by atoms with Crippen LogP contribution in [0.1, 0.15) is 43.0 Å². The molecule has 3 N–H and O–H groups in total. The van der Waals surface area contributed by atoms with Gasteiger partial charge in [0.25, 0.3) is 5.91 Å². The SMILES string of the molecule is CC1CCC(CNC(=O)c2cc(Cl)ccc2N)CC1. The van der Waals surface area contributed by atoms with Crippen LogP contribution in [0.2, 0.25) is 5.02 Å². The Kier molecular flexibility index (Phi) is 4.70. The Morgan fingerprint density at radius 3 is 2.74 bits per heavy atom. The molecule has 1 fully saturated rings. The molecule has 0 spiro atoms. The van der Waals surface area contributed by atoms with E-state index in [2.05, 4.69) is 12.2 Å². The Balaban J connectivity index is 1.89. The number of halogens is 1. The minimum Gasteiger partial charge on any atom is -0.398 e. The van der Waals surface area contributed by atoms with Gasteiger partial charge in [-0.3, -0.25) is 4.79 Å². The van der Waals surface area contributed by atoms with E-state index >= 15 is 0 Å². The third kappa shape index (κ3) is 3.87. The molecule has 1 saturated carbocycles. The van der Waals surface area contributed by atoms with Crippen LogP contribution in [0.3, 0.4) is 0 Å². The summed E-state index contributed by atoms with van der Waals surface area (Å²) >= 11 is 5.89. The zero-order valence-corrected chi connectivity index (χ0v) is 12.0. The zero-order chi connectivity index (χ0) is 13.8. The normalized spacial score (nSPS) is 23.1. The number of anilines is 1. The molecule has 1 aromatic carbocycles. The van der Waals surface area contributed by atoms with E-state index in [9.17, 15) is 4.79 Å². The molecule has 19 heavy (non-hydrogen) atoms. The fourth-order valence-corrected chi connectivity index (χ4v) is 2.76. The first kappa shape index (κ1) is 14.2. The molecule has 0 unspecified atom stereocenters. The fraction of sp³-hybridized carbons (Fsp3) is 0.533. The molecule has 4 heteroatoms. The highest BCUT2D eigenvalue weighted by Crippen LogP contribution is 2.27. The van der Waals surface area contributed by atoms with Gasteiger partial charge >= 0.3 is 0 Å². The molecular formula is C15H21ClN2O. The number of hydrogen-bond acceptors (Lipinski definition) is 2. The molecule has 2 rings (SSSR count). The van der Waals surface area contributed by atoms with Gasteiger partial charge in [0.1, 0.15) is 0 Å². The second kappa shape index (κ2) is 6.29. The lowest BCUT2D eigenvalue weighted by Gasteiger charge is -2.26. The highest BCUT2D eigenvalue weighted by Gasteiger charge is 2.19. The van der Waals surface area contributed by atoms with Crippen molar-refractivity contribution in [3.05, 3.63) is 28.8 Å². The van der Waals surface area contributed by atoms with E-state index in [0.717, 1.165) is 12.5 Å². The molecular weight excluding hydrogens is 260 g/mol. The van der Waals surface area contributed by atoms with Crippen molar-refractivity contribution in [3.8, 4) is 0 Å². The largest absolute Gasteiger partial charge is 0.398 e. The summed E-state index contributed by atoms with van der Waals surface area (Å²) in [6.45, 7) is 3.03. The van der Waals surface area contributed by atoms with Crippen molar-refractivity contribution in [1.29, 1.82) is 0 Å². The van der Waals surface area contributed by atoms with Crippen molar-refractivity contribution in [2.24, 2.45) is 11.8 Å². The maximum absolute atomic E-state index is 12.1. The third-order valence-corrected chi connectivity index (χ3v) is 4.18. The number of nitrogens with one attached hydrogen (secondary N) is 1. The zero-order valence-electron chi connectivity index (χ0n) is 11.3. The maximum Gasteiger partial charge on any atom is 0.253 e. The molecule has 0 aliphatic heterocycles. The molecule has 0 saturated heterocycles. The summed E-state index contributed by atoms with van der Waals surface area (Å²) in [6, 6.07) is 4.98. The van der Waals surface area contributed by atoms with Crippen LogP contribution in [0.4, 0.5) is 5.69 Å². The van der Waals surface area contributed by atoms with E-state index in [1.807, 2.05) is 0 Å². The summed E-state index contributed by atoms with van der Waals surface area (Å²) in [5.74, 6) is 1.30. The second-order valence-corrected chi connectivity index (χ2v) is 6.00. The minimum absolute atomic E-state index is 0.126. The highest BCUT2D eigenvalue weighted by atomic mass is 35.5. The van der Waals surface area contributed by atoms with Crippen LogP contribution < -0.4 is 11.1 Å². The van der Waals surface area contributed by atoms with Gasteiger partial charge < -0.3 is 11.1 Å². The standard InChI is InChI=1S/C15H21ClN2O/c1-10-2-4-11(5-3-10)9-18-15(19)13-8-12(16)6-7-14(13)17/h6-8,10-11H,2-5,9,17H2,1H3,(H,18,19). The molecule has 3 nitrogen and oxygen atoms in total. The molecule has 1 aliphatic carbocycles. The van der Waals surface area contributed by atoms with E-state index in [-0.39, 0.29) is 5.91 Å². The fourth-order valence-electron chi connectivity index (χ4n) is 2.59. The van der Waals surface area contributed by atoms with E-state index in [1.54, 1.807) is 18.2 Å². The quantitative estimate of drug-likeness (QED) is 0.833. The van der Waals surface area contributed by atoms with Gasteiger partial charge in [-0.1, -0.05) is 31.4 Å². The van der Waals surface area contributed by atoms with Gasteiger partial charge in [0.15, 0.2) is 0 Å². The third-order valence-electron chi connectivity index (χ3n) is 3.95. The summed E-state index contributed by atoms with van der Waals surface area (Å²) in [4.78, 5) is 12.1. The molecule has 1 amide bonds. The van der Waals surface area contributed by atoms with Crippen LogP contribution >= 0.6 is 11.6 Å². The lowest BCUT2D eigenvalue weighted by Crippen LogP contribution is -2.31. The maximum atomic E-state index is 12.1. The Hall–Kier alpha value is -1.22. The topological polar surface area (TPSA) is 55.1 Å². The summed E-state index contributed by atoms with van der Waals surface area (Å²) in [5, 5.41) is 3.51. The van der Waals surface area contributed by atoms with Crippen molar-refractivity contribution in [2.75, 3.05) is 12.3 Å². The minimum atomic E-state index is -0.126. The molecule has 0 radical (unpaired) electrons. The summed E-state index contributed by atoms with van der Waals surface area (Å²) in [7, 11) is 0. The number of rotatable bonds is 3. The van der Waals surface area contributed by atoms with Crippen LogP contribution in [0.25, 0.3) is 0 Å². The lowest BCUT2D eigenvalue weighted by atomic mass is 9.83. The number of amides is 1. The average Bonchev–Trinajstić information content (AvgIpc) is 2.40. The first-order valence-corrected chi connectivity index (χ1v) is 7.27. The highest BCUT2D eigenvalue weighted by molar-refractivity contribution is 6.31. The number of carbonyl (C=O) groups is 1. The van der Waals surface area contributed by atoms with Gasteiger partial charge in [-0.2, -0.15) is 0 Å². The van der Waals surface area contributed by atoms with Gasteiger partial charge in [0, 0.05) is 17.3 Å². The molecule has 0 heterocycles. The van der Waals surface area contributed by atoms with Crippen molar-refractivity contribution in [2.45, 2.75) is 32.6 Å². The Bertz CT molecular complexity index is 453. The second-order valence-electron chi connectivity index (χ2n) is 5.57. The van der Waals surface area contributed by atoms with E-state index in [4.69, 9.17) is 17.3 Å². The van der Waals surface area contributed by atoms with Crippen molar-refractivity contribution < 1.29 is 4.79 Å². The van der Waals surface area contributed by atoms with E-state index < -0.39 is 0 Å². The molecule has 104 valence electrons. The smallest absolute Gasteiger partial charge is 0.253 e. The van der Waals surface area contributed by atoms with Crippen LogP contribution in [-0.2, 0) is 0 Å². The van der Waals surface area contributed by atoms with Crippen LogP contribution in [-0.4, -0.2) is 12.5 Å². The number of hydrogen-bond donors (Lipinski definition) is 2. The molecule has 0 bridgehead atoms. The lowest BCUT2D eigenvalue weighted by molar-refractivity contribution is 0.0943. The number of nitrogen functional groups attached to an aromatic ring is 1. The summed E-state index contributed by atoms with van der Waals surface area (Å²) in [6.07, 6.45) is 4.93. The molecule has 1 aliphatic rings. The van der Waals surface area contributed by atoms with Gasteiger partial charge in [0.2, 0.25) is 0 Å². The average molecular weight is 281 g/mol. The van der Waals surface area contributed by atoms with Crippen LogP contribution in [0, 0.1) is 11.8 Å². The van der Waals surface area contributed by atoms with Gasteiger partial charge in [-0.25, -0.2) is 0 Å². The van der Waals surface area contributed by atoms with Gasteiger partial charge in [0.05, 0.1) is 5.56 Å². The number of benzene rings is 1. The predicted molar refractivity (Wildman–Crippen MR) is 79.3 cm³/mol. The first-order valence-electron chi connectivity index (χ1n) is 6.89. The van der Waals surface area contributed by atoms with Crippen LogP contribution in [0.5, 0.6) is 0 Å².